The van der Waals surface area contributed by atoms with Gasteiger partial charge in [0.1, 0.15) is 5.82 Å². The summed E-state index contributed by atoms with van der Waals surface area (Å²) in [6, 6.07) is 15.7. The first-order valence-corrected chi connectivity index (χ1v) is 13.8. The highest BCUT2D eigenvalue weighted by molar-refractivity contribution is 5.93. The molecule has 0 aliphatic heterocycles. The molecule has 194 valence electrons. The van der Waals surface area contributed by atoms with E-state index < -0.39 is 0 Å². The zero-order chi connectivity index (χ0) is 25.8. The van der Waals surface area contributed by atoms with Gasteiger partial charge in [0, 0.05) is 28.8 Å². The van der Waals surface area contributed by atoms with Crippen molar-refractivity contribution >= 4 is 23.2 Å². The molecule has 2 atom stereocenters. The molecule has 3 N–H and O–H groups in total. The van der Waals surface area contributed by atoms with E-state index in [1.54, 1.807) is 0 Å². The summed E-state index contributed by atoms with van der Waals surface area (Å²) in [7, 11) is 0. The van der Waals surface area contributed by atoms with Gasteiger partial charge < -0.3 is 15.6 Å². The van der Waals surface area contributed by atoms with Crippen molar-refractivity contribution in [3.8, 4) is 22.6 Å². The zero-order valence-corrected chi connectivity index (χ0v) is 21.9. The highest BCUT2D eigenvalue weighted by Crippen LogP contribution is 2.32. The number of hydrogen-bond donors (Lipinski definition) is 3. The largest absolute Gasteiger partial charge is 0.338 e. The molecule has 5 rings (SSSR count). The van der Waals surface area contributed by atoms with Crippen LogP contribution in [-0.2, 0) is 9.59 Å². The fraction of sp³-hybridized carbons (Fsp3) is 0.452. The van der Waals surface area contributed by atoms with Crippen molar-refractivity contribution in [3.63, 3.8) is 0 Å². The topological polar surface area (TPSA) is 86.9 Å². The first-order chi connectivity index (χ1) is 18.0. The molecular formula is C31H38N4O2. The Morgan fingerprint density at radius 1 is 0.757 bits per heavy atom. The van der Waals surface area contributed by atoms with Crippen molar-refractivity contribution in [1.29, 1.82) is 0 Å². The maximum atomic E-state index is 12.7. The van der Waals surface area contributed by atoms with E-state index in [4.69, 9.17) is 0 Å². The number of hydrogen-bond acceptors (Lipinski definition) is 3. The molecule has 2 aliphatic rings. The Kier molecular flexibility index (Phi) is 7.73. The molecule has 2 saturated carbocycles. The van der Waals surface area contributed by atoms with Gasteiger partial charge in [-0.25, -0.2) is 4.98 Å². The Labute approximate surface area is 219 Å². The van der Waals surface area contributed by atoms with Crippen LogP contribution in [0.3, 0.4) is 0 Å². The van der Waals surface area contributed by atoms with Crippen LogP contribution in [0.15, 0.2) is 54.7 Å². The van der Waals surface area contributed by atoms with Crippen molar-refractivity contribution in [2.45, 2.75) is 65.2 Å². The van der Waals surface area contributed by atoms with Crippen LogP contribution in [0.4, 0.5) is 11.4 Å². The Morgan fingerprint density at radius 3 is 2.00 bits per heavy atom. The molecule has 1 aromatic heterocycles. The third-order valence-electron chi connectivity index (χ3n) is 8.30. The summed E-state index contributed by atoms with van der Waals surface area (Å²) in [5.41, 5.74) is 4.53. The quantitative estimate of drug-likeness (QED) is 0.334. The smallest absolute Gasteiger partial charge is 0.227 e. The van der Waals surface area contributed by atoms with Crippen LogP contribution < -0.4 is 10.6 Å². The molecule has 2 aliphatic carbocycles. The maximum Gasteiger partial charge on any atom is 0.227 e. The fourth-order valence-electron chi connectivity index (χ4n) is 5.77. The summed E-state index contributed by atoms with van der Waals surface area (Å²) >= 11 is 0. The van der Waals surface area contributed by atoms with Gasteiger partial charge in [-0.15, -0.1) is 0 Å². The Hall–Kier alpha value is -3.41. The number of carbonyl (C=O) groups excluding carboxylic acids is 2. The summed E-state index contributed by atoms with van der Waals surface area (Å²) in [5.74, 6) is 2.46. The summed E-state index contributed by atoms with van der Waals surface area (Å²) < 4.78 is 0. The molecular weight excluding hydrogens is 460 g/mol. The predicted octanol–water partition coefficient (Wildman–Crippen LogP) is 7.27. The lowest BCUT2D eigenvalue weighted by molar-refractivity contribution is -0.122. The molecule has 0 bridgehead atoms. The molecule has 6 heteroatoms. The lowest BCUT2D eigenvalue weighted by Gasteiger charge is -2.27. The molecule has 0 saturated heterocycles. The van der Waals surface area contributed by atoms with Crippen molar-refractivity contribution in [2.24, 2.45) is 23.7 Å². The van der Waals surface area contributed by atoms with E-state index >= 15 is 0 Å². The lowest BCUT2D eigenvalue weighted by atomic mass is 9.80. The van der Waals surface area contributed by atoms with Gasteiger partial charge in [-0.3, -0.25) is 9.59 Å². The molecule has 3 aromatic rings. The minimum Gasteiger partial charge on any atom is -0.338 e. The lowest BCUT2D eigenvalue weighted by Crippen LogP contribution is -2.30. The molecule has 0 spiro atoms. The highest BCUT2D eigenvalue weighted by atomic mass is 16.2. The Morgan fingerprint density at radius 2 is 1.35 bits per heavy atom. The SMILES string of the molecule is CC1CCC(C(=O)Nc2ccc(-c3ncc(-c4ccc(NC(=O)C5CCCCC5C)cc4)[nH]3)cc2)CC1. The van der Waals surface area contributed by atoms with Gasteiger partial charge >= 0.3 is 0 Å². The van der Waals surface area contributed by atoms with Gasteiger partial charge in [0.25, 0.3) is 0 Å². The van der Waals surface area contributed by atoms with E-state index in [0.717, 1.165) is 84.9 Å². The molecule has 37 heavy (non-hydrogen) atoms. The number of anilines is 2. The van der Waals surface area contributed by atoms with Crippen LogP contribution in [-0.4, -0.2) is 21.8 Å². The maximum absolute atomic E-state index is 12.7. The van der Waals surface area contributed by atoms with Crippen LogP contribution in [0, 0.1) is 23.7 Å². The van der Waals surface area contributed by atoms with E-state index in [0.29, 0.717) is 5.92 Å². The van der Waals surface area contributed by atoms with E-state index in [-0.39, 0.29) is 23.7 Å². The van der Waals surface area contributed by atoms with Crippen molar-refractivity contribution in [2.75, 3.05) is 10.6 Å². The van der Waals surface area contributed by atoms with Crippen LogP contribution in [0.5, 0.6) is 0 Å². The van der Waals surface area contributed by atoms with Gasteiger partial charge in [0.2, 0.25) is 11.8 Å². The van der Waals surface area contributed by atoms with Crippen LogP contribution in [0.1, 0.15) is 65.2 Å². The van der Waals surface area contributed by atoms with Crippen LogP contribution in [0.2, 0.25) is 0 Å². The van der Waals surface area contributed by atoms with Gasteiger partial charge in [-0.05, 0) is 92.3 Å². The average molecular weight is 499 g/mol. The number of rotatable bonds is 6. The molecule has 2 unspecified atom stereocenters. The minimum absolute atomic E-state index is 0.111. The van der Waals surface area contributed by atoms with Gasteiger partial charge in [-0.1, -0.05) is 38.8 Å². The van der Waals surface area contributed by atoms with Crippen molar-refractivity contribution in [1.82, 2.24) is 9.97 Å². The van der Waals surface area contributed by atoms with E-state index in [1.165, 1.54) is 6.42 Å². The van der Waals surface area contributed by atoms with Gasteiger partial charge in [0.05, 0.1) is 11.9 Å². The highest BCUT2D eigenvalue weighted by Gasteiger charge is 2.28. The molecule has 2 fully saturated rings. The molecule has 0 radical (unpaired) electrons. The minimum atomic E-state index is 0.111. The summed E-state index contributed by atoms with van der Waals surface area (Å²) in [4.78, 5) is 33.3. The predicted molar refractivity (Wildman–Crippen MR) is 149 cm³/mol. The number of aromatic nitrogens is 2. The molecule has 2 amide bonds. The van der Waals surface area contributed by atoms with Gasteiger partial charge in [0.15, 0.2) is 0 Å². The first-order valence-electron chi connectivity index (χ1n) is 13.8. The van der Waals surface area contributed by atoms with Crippen molar-refractivity contribution in [3.05, 3.63) is 54.7 Å². The molecule has 2 aromatic carbocycles. The number of amides is 2. The van der Waals surface area contributed by atoms with E-state index in [2.05, 4.69) is 34.4 Å². The summed E-state index contributed by atoms with van der Waals surface area (Å²) in [5, 5.41) is 6.18. The Bertz CT molecular complexity index is 1210. The fourth-order valence-corrected chi connectivity index (χ4v) is 5.77. The third kappa shape index (κ3) is 6.12. The summed E-state index contributed by atoms with van der Waals surface area (Å²) in [6.45, 7) is 4.45. The number of carbonyl (C=O) groups is 2. The van der Waals surface area contributed by atoms with Crippen LogP contribution in [0.25, 0.3) is 22.6 Å². The second-order valence-electron chi connectivity index (χ2n) is 11.1. The second-order valence-corrected chi connectivity index (χ2v) is 11.1. The molecule has 1 heterocycles. The first kappa shape index (κ1) is 25.2. The number of nitrogens with one attached hydrogen (secondary N) is 3. The number of nitrogens with zero attached hydrogens (tertiary/aromatic N) is 1. The van der Waals surface area contributed by atoms with E-state index in [9.17, 15) is 9.59 Å². The second kappa shape index (κ2) is 11.3. The number of imidazole rings is 1. The zero-order valence-electron chi connectivity index (χ0n) is 21.9. The van der Waals surface area contributed by atoms with Crippen molar-refractivity contribution < 1.29 is 9.59 Å². The van der Waals surface area contributed by atoms with Crippen LogP contribution >= 0.6 is 0 Å². The normalized spacial score (nSPS) is 23.8. The standard InChI is InChI=1S/C31H38N4O2/c1-20-7-9-24(10-8-20)30(36)33-25-17-13-23(14-18-25)29-32-19-28(35-29)22-11-15-26(16-12-22)34-31(37)27-6-4-3-5-21(27)2/h11-21,24,27H,3-10H2,1-2H3,(H,32,35)(H,33,36)(H,34,37). The average Bonchev–Trinajstić information content (AvgIpc) is 3.40. The van der Waals surface area contributed by atoms with Gasteiger partial charge in [-0.2, -0.15) is 0 Å². The monoisotopic (exact) mass is 498 g/mol. The third-order valence-corrected chi connectivity index (χ3v) is 8.30. The number of benzene rings is 2. The Balaban J connectivity index is 1.18. The van der Waals surface area contributed by atoms with E-state index in [1.807, 2.05) is 54.7 Å². The number of H-pyrrole nitrogens is 1. The number of aromatic amines is 1. The summed E-state index contributed by atoms with van der Waals surface area (Å²) in [6.07, 6.45) is 10.5. The molecule has 6 nitrogen and oxygen atoms in total.